The molecule has 0 aromatic rings. The third-order valence-corrected chi connectivity index (χ3v) is 1.94. The Morgan fingerprint density at radius 1 is 1.53 bits per heavy atom. The van der Waals surface area contributed by atoms with E-state index in [1.54, 1.807) is 0 Å². The van der Waals surface area contributed by atoms with Crippen molar-refractivity contribution in [1.29, 1.82) is 0 Å². The molecule has 0 radical (unpaired) electrons. The molecule has 15 heavy (non-hydrogen) atoms. The minimum Gasteiger partial charge on any atom is -0.389 e. The first-order valence-corrected chi connectivity index (χ1v) is 5.46. The van der Waals surface area contributed by atoms with Crippen LogP contribution in [0, 0.1) is 5.92 Å². The Kier molecular flexibility index (Phi) is 5.42. The monoisotopic (exact) mass is 215 g/mol. The zero-order valence-electron chi connectivity index (χ0n) is 9.49. The minimum absolute atomic E-state index is 0.373. The predicted molar refractivity (Wildman–Crippen MR) is 60.0 cm³/mol. The number of aliphatic hydroxyl groups is 1. The van der Waals surface area contributed by atoms with Gasteiger partial charge in [0.2, 0.25) is 0 Å². The van der Waals surface area contributed by atoms with Gasteiger partial charge in [0, 0.05) is 19.7 Å². The highest BCUT2D eigenvalue weighted by Crippen LogP contribution is 1.93. The van der Waals surface area contributed by atoms with Gasteiger partial charge in [-0.15, -0.1) is 0 Å². The second-order valence-electron chi connectivity index (χ2n) is 4.12. The molecule has 0 saturated carbocycles. The Morgan fingerprint density at radius 2 is 2.33 bits per heavy atom. The summed E-state index contributed by atoms with van der Waals surface area (Å²) in [7, 11) is 0. The maximum Gasteiger partial charge on any atom is 0.191 e. The van der Waals surface area contributed by atoms with Crippen LogP contribution in [0.3, 0.4) is 0 Å². The molecule has 1 aliphatic rings. The van der Waals surface area contributed by atoms with Crippen molar-refractivity contribution in [1.82, 2.24) is 10.6 Å². The average Bonchev–Trinajstić information content (AvgIpc) is 2.66. The molecule has 1 rings (SSSR count). The van der Waals surface area contributed by atoms with E-state index in [4.69, 9.17) is 4.74 Å². The van der Waals surface area contributed by atoms with Crippen LogP contribution in [-0.2, 0) is 4.74 Å². The van der Waals surface area contributed by atoms with Gasteiger partial charge in [-0.05, 0) is 5.92 Å². The van der Waals surface area contributed by atoms with E-state index in [-0.39, 0.29) is 0 Å². The molecule has 0 saturated heterocycles. The molecule has 0 amide bonds. The van der Waals surface area contributed by atoms with E-state index in [1.165, 1.54) is 0 Å². The lowest BCUT2D eigenvalue weighted by Crippen LogP contribution is -2.40. The summed E-state index contributed by atoms with van der Waals surface area (Å²) >= 11 is 0. The summed E-state index contributed by atoms with van der Waals surface area (Å²) in [6, 6.07) is 0. The number of guanidine groups is 1. The molecule has 88 valence electrons. The van der Waals surface area contributed by atoms with E-state index in [1.807, 2.05) is 0 Å². The number of nitrogens with zero attached hydrogens (tertiary/aromatic N) is 1. The molecule has 5 heteroatoms. The van der Waals surface area contributed by atoms with Gasteiger partial charge in [-0.3, -0.25) is 4.99 Å². The predicted octanol–water partition coefficient (Wildman–Crippen LogP) is -0.431. The molecule has 3 N–H and O–H groups in total. The number of aliphatic hydroxyl groups excluding tert-OH is 1. The Morgan fingerprint density at radius 3 is 2.93 bits per heavy atom. The molecular weight excluding hydrogens is 194 g/mol. The zero-order valence-corrected chi connectivity index (χ0v) is 9.49. The van der Waals surface area contributed by atoms with Crippen LogP contribution in [0.2, 0.25) is 0 Å². The summed E-state index contributed by atoms with van der Waals surface area (Å²) < 4.78 is 5.32. The lowest BCUT2D eigenvalue weighted by atomic mass is 10.2. The molecule has 0 bridgehead atoms. The Labute approximate surface area is 90.9 Å². The van der Waals surface area contributed by atoms with Gasteiger partial charge < -0.3 is 20.5 Å². The van der Waals surface area contributed by atoms with Crippen LogP contribution in [0.4, 0.5) is 0 Å². The average molecular weight is 215 g/mol. The first-order valence-electron chi connectivity index (χ1n) is 5.46. The van der Waals surface area contributed by atoms with Crippen LogP contribution in [0.1, 0.15) is 13.8 Å². The summed E-state index contributed by atoms with van der Waals surface area (Å²) in [4.78, 5) is 4.16. The normalized spacial score (nSPS) is 17.5. The fourth-order valence-electron chi connectivity index (χ4n) is 1.23. The van der Waals surface area contributed by atoms with Crippen LogP contribution >= 0.6 is 0 Å². The molecule has 1 aliphatic heterocycles. The summed E-state index contributed by atoms with van der Waals surface area (Å²) in [5.41, 5.74) is 0. The summed E-state index contributed by atoms with van der Waals surface area (Å²) in [5, 5.41) is 15.7. The molecule has 0 aliphatic carbocycles. The number of hydrogen-bond donors (Lipinski definition) is 3. The van der Waals surface area contributed by atoms with E-state index in [0.29, 0.717) is 25.7 Å². The largest absolute Gasteiger partial charge is 0.389 e. The van der Waals surface area contributed by atoms with Gasteiger partial charge in [0.05, 0.1) is 19.3 Å². The first kappa shape index (κ1) is 12.3. The van der Waals surface area contributed by atoms with E-state index in [0.717, 1.165) is 19.0 Å². The standard InChI is InChI=1S/C10H21N3O2/c1-8(2)6-15-7-9(14)5-13-10-11-3-4-12-10/h8-9,14H,3-7H2,1-2H3,(H2,11,12,13)/t9-/m1/s1. The zero-order chi connectivity index (χ0) is 11.1. The van der Waals surface area contributed by atoms with Gasteiger partial charge >= 0.3 is 0 Å². The van der Waals surface area contributed by atoms with Crippen LogP contribution in [0.15, 0.2) is 4.99 Å². The molecule has 1 atom stereocenters. The fraction of sp³-hybridized carbons (Fsp3) is 0.900. The van der Waals surface area contributed by atoms with Gasteiger partial charge in [0.1, 0.15) is 0 Å². The fourth-order valence-corrected chi connectivity index (χ4v) is 1.23. The Hall–Kier alpha value is -0.810. The van der Waals surface area contributed by atoms with E-state index < -0.39 is 6.10 Å². The third kappa shape index (κ3) is 5.59. The van der Waals surface area contributed by atoms with Crippen LogP contribution < -0.4 is 10.6 Å². The molecular formula is C10H21N3O2. The highest BCUT2D eigenvalue weighted by Gasteiger charge is 2.08. The maximum absolute atomic E-state index is 9.55. The summed E-state index contributed by atoms with van der Waals surface area (Å²) in [5.74, 6) is 1.28. The Bertz CT molecular complexity index is 207. The van der Waals surface area contributed by atoms with Crippen LogP contribution in [0.25, 0.3) is 0 Å². The number of ether oxygens (including phenoxy) is 1. The van der Waals surface area contributed by atoms with Gasteiger partial charge in [0.15, 0.2) is 5.96 Å². The molecule has 0 aromatic heterocycles. The van der Waals surface area contributed by atoms with Crippen LogP contribution in [-0.4, -0.2) is 50.0 Å². The highest BCUT2D eigenvalue weighted by atomic mass is 16.5. The van der Waals surface area contributed by atoms with Gasteiger partial charge in [0.25, 0.3) is 0 Å². The SMILES string of the molecule is CC(C)COC[C@H](O)CNC1=NCCN1. The molecule has 5 nitrogen and oxygen atoms in total. The quantitative estimate of drug-likeness (QED) is 0.562. The van der Waals surface area contributed by atoms with Gasteiger partial charge in [-0.25, -0.2) is 0 Å². The van der Waals surface area contributed by atoms with Crippen molar-refractivity contribution >= 4 is 5.96 Å². The number of rotatable bonds is 6. The van der Waals surface area contributed by atoms with Crippen molar-refractivity contribution in [3.8, 4) is 0 Å². The minimum atomic E-state index is -0.478. The second kappa shape index (κ2) is 6.63. The van der Waals surface area contributed by atoms with Crippen molar-refractivity contribution in [3.05, 3.63) is 0 Å². The van der Waals surface area contributed by atoms with Crippen molar-refractivity contribution in [2.75, 3.05) is 32.8 Å². The van der Waals surface area contributed by atoms with Crippen molar-refractivity contribution < 1.29 is 9.84 Å². The number of nitrogens with one attached hydrogen (secondary N) is 2. The van der Waals surface area contributed by atoms with Crippen molar-refractivity contribution in [2.45, 2.75) is 20.0 Å². The molecule has 0 spiro atoms. The molecule has 0 aromatic carbocycles. The van der Waals surface area contributed by atoms with E-state index in [9.17, 15) is 5.11 Å². The molecule has 0 fully saturated rings. The lowest BCUT2D eigenvalue weighted by molar-refractivity contribution is 0.0280. The van der Waals surface area contributed by atoms with Crippen LogP contribution in [0.5, 0.6) is 0 Å². The van der Waals surface area contributed by atoms with Gasteiger partial charge in [-0.1, -0.05) is 13.8 Å². The first-order chi connectivity index (χ1) is 7.18. The second-order valence-corrected chi connectivity index (χ2v) is 4.12. The van der Waals surface area contributed by atoms with Crippen molar-refractivity contribution in [3.63, 3.8) is 0 Å². The molecule has 1 heterocycles. The number of aliphatic imine (C=N–C) groups is 1. The third-order valence-electron chi connectivity index (χ3n) is 1.94. The smallest absolute Gasteiger partial charge is 0.191 e. The van der Waals surface area contributed by atoms with E-state index in [2.05, 4.69) is 29.5 Å². The lowest BCUT2D eigenvalue weighted by Gasteiger charge is -2.14. The van der Waals surface area contributed by atoms with E-state index >= 15 is 0 Å². The summed E-state index contributed by atoms with van der Waals surface area (Å²) in [6.45, 7) is 7.40. The molecule has 0 unspecified atom stereocenters. The Balaban J connectivity index is 2.00. The number of hydrogen-bond acceptors (Lipinski definition) is 5. The van der Waals surface area contributed by atoms with Crippen molar-refractivity contribution in [2.24, 2.45) is 10.9 Å². The summed E-state index contributed by atoms with van der Waals surface area (Å²) in [6.07, 6.45) is -0.478. The highest BCUT2D eigenvalue weighted by molar-refractivity contribution is 5.81. The topological polar surface area (TPSA) is 65.9 Å². The maximum atomic E-state index is 9.55. The van der Waals surface area contributed by atoms with Gasteiger partial charge in [-0.2, -0.15) is 0 Å².